The van der Waals surface area contributed by atoms with E-state index in [-0.39, 0.29) is 35.6 Å². The third-order valence-corrected chi connectivity index (χ3v) is 10.2. The van der Waals surface area contributed by atoms with Crippen LogP contribution in [0.5, 0.6) is 11.5 Å². The van der Waals surface area contributed by atoms with Gasteiger partial charge in [0.05, 0.1) is 47.2 Å². The Morgan fingerprint density at radius 2 is 1.58 bits per heavy atom. The Bertz CT molecular complexity index is 1830. The minimum Gasteiger partial charge on any atom is -0.504 e. The summed E-state index contributed by atoms with van der Waals surface area (Å²) in [5.74, 6) is -6.64. The molecule has 3 fully saturated rings. The van der Waals surface area contributed by atoms with Crippen LogP contribution < -0.4 is 14.5 Å². The fourth-order valence-corrected chi connectivity index (χ4v) is 8.15. The molecule has 1 saturated carbocycles. The summed E-state index contributed by atoms with van der Waals surface area (Å²) in [5, 5.41) is 20.9. The van der Waals surface area contributed by atoms with Crippen LogP contribution in [0.4, 0.5) is 11.4 Å². The van der Waals surface area contributed by atoms with Crippen LogP contribution in [0.1, 0.15) is 41.6 Å². The van der Waals surface area contributed by atoms with E-state index in [0.29, 0.717) is 11.3 Å². The summed E-state index contributed by atoms with van der Waals surface area (Å²) >= 11 is 0. The van der Waals surface area contributed by atoms with Crippen LogP contribution in [0.25, 0.3) is 0 Å². The maximum absolute atomic E-state index is 14.5. The molecule has 3 aromatic rings. The molecule has 228 valence electrons. The van der Waals surface area contributed by atoms with Gasteiger partial charge in [0.2, 0.25) is 23.6 Å². The Kier molecular flexibility index (Phi) is 6.43. The highest BCUT2D eigenvalue weighted by atomic mass is 16.5. The summed E-state index contributed by atoms with van der Waals surface area (Å²) in [6.45, 7) is 1.75. The zero-order chi connectivity index (χ0) is 31.8. The van der Waals surface area contributed by atoms with Crippen molar-refractivity contribution in [1.29, 1.82) is 0 Å². The van der Waals surface area contributed by atoms with Gasteiger partial charge in [-0.05, 0) is 62.1 Å². The SMILES string of the molecule is COc1cccc(C2C3=CCC4C(=O)N(c5cccc(C(=O)O)c5)C(=O)C4C3CC3C(=O)N(c4ccccc4)C(=O)C32C)c1O. The standard InChI is InChI=1S/C35H30N2O8/c1-35-25(31(40)37(34(35)44)19-9-4-3-5-10-19)17-24-21(28(35)23-12-7-13-26(45-2)29(23)38)14-15-22-27(24)32(41)36(30(22)39)20-11-6-8-18(16-20)33(42)43/h3-14,16,22,24-25,27-28,38H,15,17H2,1-2H3,(H,42,43). The van der Waals surface area contributed by atoms with Crippen molar-refractivity contribution in [2.75, 3.05) is 16.9 Å². The van der Waals surface area contributed by atoms with Crippen molar-refractivity contribution >= 4 is 41.0 Å². The average Bonchev–Trinajstić information content (AvgIpc) is 3.41. The number of aromatic hydroxyl groups is 1. The number of allylic oxidation sites excluding steroid dienone is 2. The van der Waals surface area contributed by atoms with E-state index in [1.165, 1.54) is 36.3 Å². The number of phenolic OH excluding ortho intramolecular Hbond substituents is 1. The molecule has 2 heterocycles. The third-order valence-electron chi connectivity index (χ3n) is 10.2. The van der Waals surface area contributed by atoms with Crippen molar-refractivity contribution in [3.05, 3.63) is 95.6 Å². The van der Waals surface area contributed by atoms with Gasteiger partial charge in [-0.1, -0.05) is 48.0 Å². The number of methoxy groups -OCH3 is 1. The first kappa shape index (κ1) is 28.5. The molecule has 10 heteroatoms. The van der Waals surface area contributed by atoms with Gasteiger partial charge in [-0.2, -0.15) is 0 Å². The first-order chi connectivity index (χ1) is 21.6. The summed E-state index contributed by atoms with van der Waals surface area (Å²) in [4.78, 5) is 70.6. The number of imide groups is 2. The van der Waals surface area contributed by atoms with Crippen molar-refractivity contribution in [3.63, 3.8) is 0 Å². The Morgan fingerprint density at radius 1 is 0.867 bits per heavy atom. The maximum atomic E-state index is 14.5. The molecule has 4 aliphatic rings. The van der Waals surface area contributed by atoms with Crippen molar-refractivity contribution in [1.82, 2.24) is 0 Å². The Balaban J connectivity index is 1.38. The monoisotopic (exact) mass is 606 g/mol. The molecule has 2 N–H and O–H groups in total. The summed E-state index contributed by atoms with van der Waals surface area (Å²) in [5.41, 5.74) is 0.355. The Labute approximate surface area is 258 Å². The topological polar surface area (TPSA) is 142 Å². The third kappa shape index (κ3) is 3.91. The number of aromatic carboxylic acids is 1. The van der Waals surface area contributed by atoms with E-state index in [9.17, 15) is 34.2 Å². The number of nitrogens with zero attached hydrogens (tertiary/aromatic N) is 2. The van der Waals surface area contributed by atoms with E-state index in [0.717, 1.165) is 10.5 Å². The summed E-state index contributed by atoms with van der Waals surface area (Å²) < 4.78 is 5.41. The first-order valence-corrected chi connectivity index (χ1v) is 14.8. The number of ether oxygens (including phenoxy) is 1. The predicted octanol–water partition coefficient (Wildman–Crippen LogP) is 4.53. The van der Waals surface area contributed by atoms with Crippen molar-refractivity contribution in [2.45, 2.75) is 25.7 Å². The zero-order valence-corrected chi connectivity index (χ0v) is 24.5. The number of fused-ring (bicyclic) bond motifs is 4. The summed E-state index contributed by atoms with van der Waals surface area (Å²) in [6, 6.07) is 19.4. The fraction of sp³-hybridized carbons (Fsp3) is 0.286. The number of hydrogen-bond donors (Lipinski definition) is 2. The van der Waals surface area contributed by atoms with Crippen LogP contribution in [-0.4, -0.2) is 46.9 Å². The molecule has 6 unspecified atom stereocenters. The minimum absolute atomic E-state index is 0.0557. The molecule has 0 bridgehead atoms. The van der Waals surface area contributed by atoms with Gasteiger partial charge in [0.25, 0.3) is 0 Å². The summed E-state index contributed by atoms with van der Waals surface area (Å²) in [7, 11) is 1.43. The van der Waals surface area contributed by atoms with Gasteiger partial charge >= 0.3 is 5.97 Å². The van der Waals surface area contributed by atoms with Gasteiger partial charge in [-0.3, -0.25) is 24.1 Å². The zero-order valence-electron chi connectivity index (χ0n) is 24.5. The molecule has 10 nitrogen and oxygen atoms in total. The lowest BCUT2D eigenvalue weighted by atomic mass is 9.51. The smallest absolute Gasteiger partial charge is 0.335 e. The number of rotatable bonds is 5. The molecule has 45 heavy (non-hydrogen) atoms. The first-order valence-electron chi connectivity index (χ1n) is 14.8. The lowest BCUT2D eigenvalue weighted by Gasteiger charge is -2.49. The second-order valence-corrected chi connectivity index (χ2v) is 12.3. The number of carbonyl (C=O) groups is 5. The number of hydrogen-bond acceptors (Lipinski definition) is 7. The number of benzene rings is 3. The lowest BCUT2D eigenvalue weighted by Crippen LogP contribution is -2.48. The summed E-state index contributed by atoms with van der Waals surface area (Å²) in [6.07, 6.45) is 2.26. The van der Waals surface area contributed by atoms with Gasteiger partial charge in [0.1, 0.15) is 0 Å². The second-order valence-electron chi connectivity index (χ2n) is 12.3. The van der Waals surface area contributed by atoms with E-state index >= 15 is 0 Å². The number of carbonyl (C=O) groups excluding carboxylic acids is 4. The molecule has 6 atom stereocenters. The molecule has 0 radical (unpaired) electrons. The Morgan fingerprint density at radius 3 is 2.29 bits per heavy atom. The van der Waals surface area contributed by atoms with Crippen LogP contribution >= 0.6 is 0 Å². The highest BCUT2D eigenvalue weighted by Gasteiger charge is 2.68. The minimum atomic E-state index is -1.31. The van der Waals surface area contributed by atoms with Crippen LogP contribution in [0.2, 0.25) is 0 Å². The highest BCUT2D eigenvalue weighted by molar-refractivity contribution is 6.25. The van der Waals surface area contributed by atoms with E-state index in [4.69, 9.17) is 4.74 Å². The van der Waals surface area contributed by atoms with Crippen molar-refractivity contribution in [2.24, 2.45) is 29.1 Å². The van der Waals surface area contributed by atoms with Crippen molar-refractivity contribution < 1.29 is 38.9 Å². The number of amides is 4. The van der Waals surface area contributed by atoms with Gasteiger partial charge in [0, 0.05) is 11.5 Å². The molecule has 4 amide bonds. The van der Waals surface area contributed by atoms with Gasteiger partial charge in [-0.15, -0.1) is 0 Å². The molecule has 2 aliphatic carbocycles. The van der Waals surface area contributed by atoms with Crippen LogP contribution in [0.3, 0.4) is 0 Å². The molecule has 0 aromatic heterocycles. The van der Waals surface area contributed by atoms with Crippen molar-refractivity contribution in [3.8, 4) is 11.5 Å². The van der Waals surface area contributed by atoms with E-state index < -0.39 is 64.6 Å². The molecular formula is C35H30N2O8. The average molecular weight is 607 g/mol. The van der Waals surface area contributed by atoms with Gasteiger partial charge in [0.15, 0.2) is 11.5 Å². The number of carboxylic acid groups (broad SMARTS) is 1. The van der Waals surface area contributed by atoms with E-state index in [2.05, 4.69) is 0 Å². The van der Waals surface area contributed by atoms with Crippen LogP contribution in [0.15, 0.2) is 84.4 Å². The molecule has 0 spiro atoms. The molecule has 7 rings (SSSR count). The van der Waals surface area contributed by atoms with Gasteiger partial charge in [-0.25, -0.2) is 9.69 Å². The predicted molar refractivity (Wildman–Crippen MR) is 162 cm³/mol. The number of carboxylic acids is 1. The quantitative estimate of drug-likeness (QED) is 0.319. The lowest BCUT2D eigenvalue weighted by molar-refractivity contribution is -0.131. The molecule has 3 aromatic carbocycles. The van der Waals surface area contributed by atoms with E-state index in [1.807, 2.05) is 6.08 Å². The van der Waals surface area contributed by atoms with Crippen LogP contribution in [-0.2, 0) is 19.2 Å². The normalized spacial score (nSPS) is 28.8. The number of para-hydroxylation sites is 2. The van der Waals surface area contributed by atoms with E-state index in [1.54, 1.807) is 55.5 Å². The number of anilines is 2. The largest absolute Gasteiger partial charge is 0.504 e. The van der Waals surface area contributed by atoms with Gasteiger partial charge < -0.3 is 14.9 Å². The maximum Gasteiger partial charge on any atom is 0.335 e. The fourth-order valence-electron chi connectivity index (χ4n) is 8.15. The highest BCUT2D eigenvalue weighted by Crippen LogP contribution is 2.64. The molecule has 2 aliphatic heterocycles. The van der Waals surface area contributed by atoms with Crippen LogP contribution in [0, 0.1) is 29.1 Å². The molecule has 2 saturated heterocycles. The number of phenols is 1. The molecular weight excluding hydrogens is 576 g/mol. The Hall–Kier alpha value is -5.25. The second kappa shape index (κ2) is 10.2.